The topological polar surface area (TPSA) is 39.1 Å². The minimum Gasteiger partial charge on any atom is -0.375 e. The number of nitrogens with zero attached hydrogens (tertiary/aromatic N) is 2. The third-order valence-corrected chi connectivity index (χ3v) is 4.98. The fourth-order valence-electron chi connectivity index (χ4n) is 3.57. The van der Waals surface area contributed by atoms with Gasteiger partial charge in [-0.25, -0.2) is 0 Å². The van der Waals surface area contributed by atoms with E-state index in [9.17, 15) is 0 Å². The lowest BCUT2D eigenvalue weighted by Crippen LogP contribution is -2.36. The first-order valence-electron chi connectivity index (χ1n) is 8.11. The van der Waals surface area contributed by atoms with Crippen molar-refractivity contribution in [3.8, 4) is 0 Å². The number of rotatable bonds is 6. The molecule has 1 fully saturated rings. The summed E-state index contributed by atoms with van der Waals surface area (Å²) < 4.78 is 8.09. The van der Waals surface area contributed by atoms with Gasteiger partial charge in [0.05, 0.1) is 35.2 Å². The number of aromatic nitrogens is 2. The second kappa shape index (κ2) is 7.12. The minimum atomic E-state index is 0.187. The number of hydrogen-bond acceptors (Lipinski definition) is 3. The molecule has 1 N–H and O–H groups in total. The van der Waals surface area contributed by atoms with Gasteiger partial charge < -0.3 is 10.1 Å². The van der Waals surface area contributed by atoms with E-state index in [1.807, 2.05) is 0 Å². The zero-order chi connectivity index (χ0) is 15.6. The SMILES string of the molecule is CCCn1ncc(Cl)c1C(NCC)C1C(C)OC(C)C1C. The maximum absolute atomic E-state index is 6.46. The molecule has 1 aromatic heterocycles. The number of nitrogens with one attached hydrogen (secondary N) is 1. The second-order valence-corrected chi connectivity index (χ2v) is 6.53. The molecule has 5 heteroatoms. The molecule has 2 rings (SSSR count). The van der Waals surface area contributed by atoms with Crippen LogP contribution in [0, 0.1) is 11.8 Å². The van der Waals surface area contributed by atoms with Crippen LogP contribution in [0.3, 0.4) is 0 Å². The molecule has 0 aliphatic carbocycles. The van der Waals surface area contributed by atoms with Crippen LogP contribution in [0.15, 0.2) is 6.20 Å². The van der Waals surface area contributed by atoms with Crippen LogP contribution < -0.4 is 5.32 Å². The normalized spacial score (nSPS) is 30.8. The van der Waals surface area contributed by atoms with Crippen molar-refractivity contribution in [2.24, 2.45) is 11.8 Å². The molecule has 1 aliphatic heterocycles. The quantitative estimate of drug-likeness (QED) is 0.871. The van der Waals surface area contributed by atoms with Crippen molar-refractivity contribution in [3.05, 3.63) is 16.9 Å². The second-order valence-electron chi connectivity index (χ2n) is 6.12. The van der Waals surface area contributed by atoms with Gasteiger partial charge in [0.1, 0.15) is 0 Å². The highest BCUT2D eigenvalue weighted by Crippen LogP contribution is 2.42. The predicted molar refractivity (Wildman–Crippen MR) is 86.6 cm³/mol. The zero-order valence-electron chi connectivity index (χ0n) is 13.8. The molecule has 1 saturated heterocycles. The van der Waals surface area contributed by atoms with Crippen molar-refractivity contribution in [2.75, 3.05) is 6.54 Å². The third-order valence-electron chi connectivity index (χ3n) is 4.69. The molecule has 4 nitrogen and oxygen atoms in total. The Labute approximate surface area is 133 Å². The van der Waals surface area contributed by atoms with E-state index in [2.05, 4.69) is 49.7 Å². The Morgan fingerprint density at radius 3 is 2.57 bits per heavy atom. The van der Waals surface area contributed by atoms with Gasteiger partial charge >= 0.3 is 0 Å². The van der Waals surface area contributed by atoms with Gasteiger partial charge in [-0.3, -0.25) is 4.68 Å². The van der Waals surface area contributed by atoms with E-state index >= 15 is 0 Å². The molecule has 5 atom stereocenters. The highest BCUT2D eigenvalue weighted by atomic mass is 35.5. The molecule has 1 aliphatic rings. The highest BCUT2D eigenvalue weighted by molar-refractivity contribution is 6.31. The Bertz CT molecular complexity index is 462. The Morgan fingerprint density at radius 1 is 1.33 bits per heavy atom. The fourth-order valence-corrected chi connectivity index (χ4v) is 3.83. The summed E-state index contributed by atoms with van der Waals surface area (Å²) in [5, 5.41) is 8.83. The lowest BCUT2D eigenvalue weighted by atomic mass is 9.82. The maximum atomic E-state index is 6.46. The Morgan fingerprint density at radius 2 is 2.05 bits per heavy atom. The molecule has 0 spiro atoms. The Balaban J connectivity index is 2.37. The summed E-state index contributed by atoms with van der Waals surface area (Å²) in [6, 6.07) is 0.187. The van der Waals surface area contributed by atoms with Crippen LogP contribution in [0.5, 0.6) is 0 Å². The van der Waals surface area contributed by atoms with Crippen LogP contribution in [-0.2, 0) is 11.3 Å². The third kappa shape index (κ3) is 3.27. The number of ether oxygens (including phenoxy) is 1. The number of aryl methyl sites for hydroxylation is 1. The van der Waals surface area contributed by atoms with Crippen LogP contribution in [0.2, 0.25) is 5.02 Å². The Hall–Kier alpha value is -0.580. The summed E-state index contributed by atoms with van der Waals surface area (Å²) in [5.41, 5.74) is 1.11. The van der Waals surface area contributed by atoms with Crippen LogP contribution in [0.4, 0.5) is 0 Å². The zero-order valence-corrected chi connectivity index (χ0v) is 14.5. The Kier molecular flexibility index (Phi) is 5.69. The predicted octanol–water partition coefficient (Wildman–Crippen LogP) is 3.66. The highest BCUT2D eigenvalue weighted by Gasteiger charge is 2.43. The molecule has 120 valence electrons. The molecular formula is C16H28ClN3O. The van der Waals surface area contributed by atoms with Crippen molar-refractivity contribution in [2.45, 2.75) is 65.8 Å². The molecule has 0 radical (unpaired) electrons. The number of halogens is 1. The van der Waals surface area contributed by atoms with Gasteiger partial charge in [0, 0.05) is 12.5 Å². The van der Waals surface area contributed by atoms with Crippen molar-refractivity contribution >= 4 is 11.6 Å². The molecule has 21 heavy (non-hydrogen) atoms. The first kappa shape index (κ1) is 16.8. The van der Waals surface area contributed by atoms with E-state index in [-0.39, 0.29) is 18.2 Å². The van der Waals surface area contributed by atoms with Gasteiger partial charge in [0.15, 0.2) is 0 Å². The molecule has 5 unspecified atom stereocenters. The fraction of sp³-hybridized carbons (Fsp3) is 0.812. The summed E-state index contributed by atoms with van der Waals surface area (Å²) >= 11 is 6.46. The lowest BCUT2D eigenvalue weighted by molar-refractivity contribution is 0.0472. The molecule has 2 heterocycles. The van der Waals surface area contributed by atoms with E-state index in [1.54, 1.807) is 6.20 Å². The van der Waals surface area contributed by atoms with Gasteiger partial charge in [0.2, 0.25) is 0 Å². The van der Waals surface area contributed by atoms with E-state index in [0.717, 1.165) is 30.2 Å². The molecular weight excluding hydrogens is 286 g/mol. The summed E-state index contributed by atoms with van der Waals surface area (Å²) in [6.07, 6.45) is 3.32. The smallest absolute Gasteiger partial charge is 0.0834 e. The molecule has 1 aromatic rings. The van der Waals surface area contributed by atoms with E-state index in [4.69, 9.17) is 16.3 Å². The van der Waals surface area contributed by atoms with Crippen LogP contribution >= 0.6 is 11.6 Å². The van der Waals surface area contributed by atoms with Gasteiger partial charge in [-0.1, -0.05) is 32.4 Å². The van der Waals surface area contributed by atoms with Crippen molar-refractivity contribution in [1.29, 1.82) is 0 Å². The van der Waals surface area contributed by atoms with Crippen LogP contribution in [0.25, 0.3) is 0 Å². The van der Waals surface area contributed by atoms with E-state index in [1.165, 1.54) is 0 Å². The number of hydrogen-bond donors (Lipinski definition) is 1. The van der Waals surface area contributed by atoms with Crippen LogP contribution in [0.1, 0.15) is 52.8 Å². The summed E-state index contributed by atoms with van der Waals surface area (Å²) in [5.74, 6) is 0.898. The average Bonchev–Trinajstić information content (AvgIpc) is 2.90. The summed E-state index contributed by atoms with van der Waals surface area (Å²) in [7, 11) is 0. The van der Waals surface area contributed by atoms with Gasteiger partial charge in [0.25, 0.3) is 0 Å². The summed E-state index contributed by atoms with van der Waals surface area (Å²) in [4.78, 5) is 0. The van der Waals surface area contributed by atoms with Gasteiger partial charge in [-0.15, -0.1) is 0 Å². The van der Waals surface area contributed by atoms with Gasteiger partial charge in [-0.2, -0.15) is 5.10 Å². The molecule has 0 saturated carbocycles. The standard InChI is InChI=1S/C16H28ClN3O/c1-6-8-20-16(13(17)9-19-20)15(18-7-2)14-10(3)11(4)21-12(14)5/h9-12,14-15,18H,6-8H2,1-5H3. The largest absolute Gasteiger partial charge is 0.375 e. The average molecular weight is 314 g/mol. The maximum Gasteiger partial charge on any atom is 0.0834 e. The molecule has 0 amide bonds. The lowest BCUT2D eigenvalue weighted by Gasteiger charge is -2.30. The van der Waals surface area contributed by atoms with Gasteiger partial charge in [-0.05, 0) is 32.7 Å². The van der Waals surface area contributed by atoms with Crippen molar-refractivity contribution in [1.82, 2.24) is 15.1 Å². The van der Waals surface area contributed by atoms with Crippen LogP contribution in [-0.4, -0.2) is 28.5 Å². The van der Waals surface area contributed by atoms with E-state index in [0.29, 0.717) is 11.8 Å². The summed E-state index contributed by atoms with van der Waals surface area (Å²) in [6.45, 7) is 12.7. The van der Waals surface area contributed by atoms with E-state index < -0.39 is 0 Å². The monoisotopic (exact) mass is 313 g/mol. The van der Waals surface area contributed by atoms with Crippen molar-refractivity contribution in [3.63, 3.8) is 0 Å². The first-order chi connectivity index (χ1) is 10.0. The first-order valence-corrected chi connectivity index (χ1v) is 8.49. The molecule has 0 aromatic carbocycles. The minimum absolute atomic E-state index is 0.187. The molecule has 0 bridgehead atoms. The van der Waals surface area contributed by atoms with Crippen molar-refractivity contribution < 1.29 is 4.74 Å².